The summed E-state index contributed by atoms with van der Waals surface area (Å²) in [5.74, 6) is 0.147. The van der Waals surface area contributed by atoms with Crippen molar-refractivity contribution in [1.29, 1.82) is 0 Å². The Bertz CT molecular complexity index is 610. The smallest absolute Gasteiger partial charge is 0.242 e. The lowest BCUT2D eigenvalue weighted by atomic mass is 9.85. The molecule has 0 heterocycles. The van der Waals surface area contributed by atoms with Gasteiger partial charge in [-0.3, -0.25) is 4.79 Å². The molecule has 0 atom stereocenters. The second-order valence-electron chi connectivity index (χ2n) is 5.43. The van der Waals surface area contributed by atoms with Gasteiger partial charge >= 0.3 is 0 Å². The van der Waals surface area contributed by atoms with Crippen LogP contribution < -0.4 is 5.32 Å². The summed E-state index contributed by atoms with van der Waals surface area (Å²) in [7, 11) is -1.91. The Labute approximate surface area is 130 Å². The van der Waals surface area contributed by atoms with Crippen molar-refractivity contribution in [3.63, 3.8) is 0 Å². The zero-order chi connectivity index (χ0) is 15.6. The summed E-state index contributed by atoms with van der Waals surface area (Å²) in [5, 5.41) is 2.79. The summed E-state index contributed by atoms with van der Waals surface area (Å²) < 4.78 is 26.2. The van der Waals surface area contributed by atoms with Crippen molar-refractivity contribution in [2.24, 2.45) is 5.92 Å². The number of benzene rings is 1. The van der Waals surface area contributed by atoms with Gasteiger partial charge in [0, 0.05) is 31.6 Å². The van der Waals surface area contributed by atoms with E-state index in [-0.39, 0.29) is 16.2 Å². The van der Waals surface area contributed by atoms with Gasteiger partial charge in [0.25, 0.3) is 0 Å². The zero-order valence-corrected chi connectivity index (χ0v) is 13.6. The van der Waals surface area contributed by atoms with Crippen LogP contribution in [-0.4, -0.2) is 37.6 Å². The number of sulfonamides is 1. The fourth-order valence-electron chi connectivity index (χ4n) is 2.36. The normalized spacial score (nSPS) is 21.9. The second kappa shape index (κ2) is 6.34. The molecule has 0 bridgehead atoms. The number of alkyl halides is 1. The van der Waals surface area contributed by atoms with E-state index in [2.05, 4.69) is 5.32 Å². The monoisotopic (exact) mass is 330 g/mol. The second-order valence-corrected chi connectivity index (χ2v) is 8.09. The predicted molar refractivity (Wildman–Crippen MR) is 82.9 cm³/mol. The summed E-state index contributed by atoms with van der Waals surface area (Å²) in [6.07, 6.45) is 1.73. The minimum absolute atomic E-state index is 0.183. The third-order valence-electron chi connectivity index (χ3n) is 3.58. The van der Waals surface area contributed by atoms with Crippen LogP contribution in [0.15, 0.2) is 29.2 Å². The highest BCUT2D eigenvalue weighted by molar-refractivity contribution is 7.89. The number of halogens is 1. The molecule has 116 valence electrons. The molecule has 1 fully saturated rings. The van der Waals surface area contributed by atoms with E-state index in [9.17, 15) is 13.2 Å². The molecular formula is C14H19ClN2O3S. The number of anilines is 1. The Morgan fingerprint density at radius 3 is 2.38 bits per heavy atom. The Morgan fingerprint density at radius 1 is 1.33 bits per heavy atom. The average Bonchev–Trinajstić information content (AvgIpc) is 2.36. The van der Waals surface area contributed by atoms with Gasteiger partial charge in [0.1, 0.15) is 0 Å². The molecule has 0 aliphatic heterocycles. The van der Waals surface area contributed by atoms with E-state index >= 15 is 0 Å². The minimum Gasteiger partial charge on any atom is -0.326 e. The van der Waals surface area contributed by atoms with E-state index in [0.717, 1.165) is 12.8 Å². The van der Waals surface area contributed by atoms with Gasteiger partial charge in [-0.1, -0.05) is 0 Å². The van der Waals surface area contributed by atoms with Crippen LogP contribution >= 0.6 is 11.6 Å². The first-order valence-electron chi connectivity index (χ1n) is 6.77. The molecule has 2 rings (SSSR count). The molecule has 1 aromatic rings. The molecule has 0 spiro atoms. The predicted octanol–water partition coefficient (Wildman–Crippen LogP) is 2.28. The van der Waals surface area contributed by atoms with Crippen LogP contribution in [-0.2, 0) is 14.8 Å². The van der Waals surface area contributed by atoms with Gasteiger partial charge in [-0.05, 0) is 43.0 Å². The Kier molecular flexibility index (Phi) is 4.91. The average molecular weight is 331 g/mol. The molecule has 0 unspecified atom stereocenters. The van der Waals surface area contributed by atoms with Crippen LogP contribution in [0.25, 0.3) is 0 Å². The standard InChI is InChI=1S/C14H19ClN2O3S/c1-10(18)16-13-3-5-14(6-4-13)21(19,20)17(2)9-11-7-12(15)8-11/h3-6,11-12H,7-9H2,1-2H3,(H,16,18). The van der Waals surface area contributed by atoms with Crippen molar-refractivity contribution in [1.82, 2.24) is 4.31 Å². The fourth-order valence-corrected chi connectivity index (χ4v) is 4.11. The van der Waals surface area contributed by atoms with E-state index in [0.29, 0.717) is 18.2 Å². The van der Waals surface area contributed by atoms with E-state index < -0.39 is 10.0 Å². The highest BCUT2D eigenvalue weighted by Gasteiger charge is 2.31. The van der Waals surface area contributed by atoms with Crippen molar-refractivity contribution in [2.45, 2.75) is 30.0 Å². The molecule has 1 aromatic carbocycles. The summed E-state index contributed by atoms with van der Waals surface area (Å²) in [6, 6.07) is 6.17. The SMILES string of the molecule is CC(=O)Nc1ccc(S(=O)(=O)N(C)CC2CC(Cl)C2)cc1. The van der Waals surface area contributed by atoms with Gasteiger partial charge in [-0.2, -0.15) is 0 Å². The van der Waals surface area contributed by atoms with Gasteiger partial charge in [-0.15, -0.1) is 11.6 Å². The van der Waals surface area contributed by atoms with E-state index in [1.807, 2.05) is 0 Å². The van der Waals surface area contributed by atoms with Crippen LogP contribution in [0.1, 0.15) is 19.8 Å². The number of hydrogen-bond donors (Lipinski definition) is 1. The van der Waals surface area contributed by atoms with Crippen LogP contribution in [0.4, 0.5) is 5.69 Å². The van der Waals surface area contributed by atoms with Crippen molar-refractivity contribution in [3.05, 3.63) is 24.3 Å². The van der Waals surface area contributed by atoms with Gasteiger partial charge < -0.3 is 5.32 Å². The van der Waals surface area contributed by atoms with Crippen LogP contribution in [0.2, 0.25) is 0 Å². The quantitative estimate of drug-likeness (QED) is 0.842. The van der Waals surface area contributed by atoms with Gasteiger partial charge in [0.15, 0.2) is 0 Å². The van der Waals surface area contributed by atoms with Crippen molar-refractivity contribution in [3.8, 4) is 0 Å². The van der Waals surface area contributed by atoms with Gasteiger partial charge in [0.05, 0.1) is 4.90 Å². The number of rotatable bonds is 5. The maximum atomic E-state index is 12.4. The van der Waals surface area contributed by atoms with Crippen LogP contribution in [0, 0.1) is 5.92 Å². The molecule has 0 radical (unpaired) electrons. The molecule has 5 nitrogen and oxygen atoms in total. The molecule has 0 aromatic heterocycles. The zero-order valence-electron chi connectivity index (χ0n) is 12.0. The van der Waals surface area contributed by atoms with Crippen LogP contribution in [0.3, 0.4) is 0 Å². The Morgan fingerprint density at radius 2 is 1.90 bits per heavy atom. The minimum atomic E-state index is -3.50. The number of carbonyl (C=O) groups is 1. The molecule has 1 saturated carbocycles. The number of amides is 1. The summed E-state index contributed by atoms with van der Waals surface area (Å²) in [4.78, 5) is 11.2. The third-order valence-corrected chi connectivity index (χ3v) is 5.77. The molecule has 1 aliphatic rings. The molecule has 1 aliphatic carbocycles. The van der Waals surface area contributed by atoms with E-state index in [1.165, 1.54) is 23.4 Å². The lowest BCUT2D eigenvalue weighted by molar-refractivity contribution is -0.114. The molecule has 21 heavy (non-hydrogen) atoms. The number of hydrogen-bond acceptors (Lipinski definition) is 3. The fraction of sp³-hybridized carbons (Fsp3) is 0.500. The van der Waals surface area contributed by atoms with Crippen molar-refractivity contribution in [2.75, 3.05) is 18.9 Å². The number of carbonyl (C=O) groups excluding carboxylic acids is 1. The van der Waals surface area contributed by atoms with Crippen LogP contribution in [0.5, 0.6) is 0 Å². The Hall–Kier alpha value is -1.11. The number of nitrogens with one attached hydrogen (secondary N) is 1. The van der Waals surface area contributed by atoms with E-state index in [4.69, 9.17) is 11.6 Å². The largest absolute Gasteiger partial charge is 0.326 e. The van der Waals surface area contributed by atoms with Crippen molar-refractivity contribution >= 4 is 33.2 Å². The lowest BCUT2D eigenvalue weighted by Crippen LogP contribution is -2.37. The molecule has 0 saturated heterocycles. The molecule has 1 N–H and O–H groups in total. The maximum absolute atomic E-state index is 12.4. The third kappa shape index (κ3) is 3.96. The summed E-state index contributed by atoms with van der Waals surface area (Å²) >= 11 is 5.91. The first kappa shape index (κ1) is 16.3. The van der Waals surface area contributed by atoms with Gasteiger partial charge in [0.2, 0.25) is 15.9 Å². The highest BCUT2D eigenvalue weighted by atomic mass is 35.5. The Balaban J connectivity index is 2.05. The first-order chi connectivity index (χ1) is 9.79. The number of nitrogens with zero attached hydrogens (tertiary/aromatic N) is 1. The lowest BCUT2D eigenvalue weighted by Gasteiger charge is -2.33. The summed E-state index contributed by atoms with van der Waals surface area (Å²) in [6.45, 7) is 1.89. The summed E-state index contributed by atoms with van der Waals surface area (Å²) in [5.41, 5.74) is 0.577. The first-order valence-corrected chi connectivity index (χ1v) is 8.64. The molecule has 1 amide bonds. The van der Waals surface area contributed by atoms with Gasteiger partial charge in [-0.25, -0.2) is 12.7 Å². The molecule has 7 heteroatoms. The molecular weight excluding hydrogens is 312 g/mol. The van der Waals surface area contributed by atoms with E-state index in [1.54, 1.807) is 19.2 Å². The maximum Gasteiger partial charge on any atom is 0.242 e. The topological polar surface area (TPSA) is 66.5 Å². The van der Waals surface area contributed by atoms with Crippen molar-refractivity contribution < 1.29 is 13.2 Å². The highest BCUT2D eigenvalue weighted by Crippen LogP contribution is 2.33.